The van der Waals surface area contributed by atoms with Crippen molar-refractivity contribution in [3.8, 4) is 5.75 Å². The number of para-hydroxylation sites is 1. The van der Waals surface area contributed by atoms with E-state index < -0.39 is 12.1 Å². The minimum atomic E-state index is -1.03. The highest BCUT2D eigenvalue weighted by Crippen LogP contribution is 2.18. The second kappa shape index (κ2) is 5.90. The van der Waals surface area contributed by atoms with Crippen molar-refractivity contribution in [1.82, 2.24) is 0 Å². The molecule has 1 N–H and O–H groups in total. The number of rotatable bonds is 6. The van der Waals surface area contributed by atoms with Gasteiger partial charge in [-0.25, -0.2) is 4.79 Å². The Balaban J connectivity index is 2.84. The van der Waals surface area contributed by atoms with Gasteiger partial charge in [0.05, 0.1) is 5.56 Å². The second-order valence-electron chi connectivity index (χ2n) is 3.33. The van der Waals surface area contributed by atoms with E-state index in [0.29, 0.717) is 12.8 Å². The fourth-order valence-corrected chi connectivity index (χ4v) is 1.30. The molecule has 0 aliphatic carbocycles. The van der Waals surface area contributed by atoms with E-state index in [-0.39, 0.29) is 11.3 Å². The first-order chi connectivity index (χ1) is 7.69. The summed E-state index contributed by atoms with van der Waals surface area (Å²) < 4.78 is 5.28. The van der Waals surface area contributed by atoms with Gasteiger partial charge in [-0.1, -0.05) is 25.5 Å². The molecule has 0 saturated heterocycles. The summed E-state index contributed by atoms with van der Waals surface area (Å²) in [5, 5.41) is 8.91. The zero-order chi connectivity index (χ0) is 12.0. The van der Waals surface area contributed by atoms with Crippen LogP contribution in [0.3, 0.4) is 0 Å². The van der Waals surface area contributed by atoms with E-state index in [0.717, 1.165) is 0 Å². The van der Waals surface area contributed by atoms with Crippen molar-refractivity contribution < 1.29 is 19.4 Å². The van der Waals surface area contributed by atoms with Crippen LogP contribution in [0.15, 0.2) is 24.3 Å². The van der Waals surface area contributed by atoms with Crippen LogP contribution in [0.1, 0.15) is 25.3 Å². The molecule has 1 atom stereocenters. The van der Waals surface area contributed by atoms with Gasteiger partial charge in [0.2, 0.25) is 6.29 Å². The number of aliphatic carboxylic acids is 1. The Morgan fingerprint density at radius 1 is 1.50 bits per heavy atom. The molecule has 1 unspecified atom stereocenters. The fraction of sp³-hybridized carbons (Fsp3) is 0.333. The van der Waals surface area contributed by atoms with Crippen molar-refractivity contribution in [2.45, 2.75) is 25.9 Å². The Morgan fingerprint density at radius 2 is 2.19 bits per heavy atom. The van der Waals surface area contributed by atoms with Gasteiger partial charge in [-0.3, -0.25) is 4.79 Å². The number of benzene rings is 1. The molecule has 0 amide bonds. The smallest absolute Gasteiger partial charge is 0.344 e. The number of ether oxygens (including phenoxy) is 1. The molecule has 0 aliphatic heterocycles. The average Bonchev–Trinajstić information content (AvgIpc) is 2.29. The molecule has 1 aromatic carbocycles. The lowest BCUT2D eigenvalue weighted by atomic mass is 10.2. The number of carboxylic acids is 1. The second-order valence-corrected chi connectivity index (χ2v) is 3.33. The summed E-state index contributed by atoms with van der Waals surface area (Å²) >= 11 is 0. The van der Waals surface area contributed by atoms with Crippen molar-refractivity contribution in [2.75, 3.05) is 0 Å². The van der Waals surface area contributed by atoms with Gasteiger partial charge in [-0.05, 0) is 18.6 Å². The molecular weight excluding hydrogens is 208 g/mol. The molecule has 0 fully saturated rings. The van der Waals surface area contributed by atoms with Gasteiger partial charge < -0.3 is 9.84 Å². The van der Waals surface area contributed by atoms with Crippen LogP contribution in [0.5, 0.6) is 5.75 Å². The third-order valence-corrected chi connectivity index (χ3v) is 2.09. The number of hydrogen-bond acceptors (Lipinski definition) is 3. The number of hydrogen-bond donors (Lipinski definition) is 1. The summed E-state index contributed by atoms with van der Waals surface area (Å²) in [7, 11) is 0. The standard InChI is InChI=1S/C12H13O4/c1-2-5-11(12(14)15)16-10-7-4-3-6-9(10)8-13/h3-4,6-7,11H,2,5H2,1H3,(H,14,15). The van der Waals surface area contributed by atoms with Crippen molar-refractivity contribution in [3.63, 3.8) is 0 Å². The maximum atomic E-state index is 10.9. The highest BCUT2D eigenvalue weighted by molar-refractivity contribution is 5.80. The lowest BCUT2D eigenvalue weighted by Crippen LogP contribution is -2.27. The summed E-state index contributed by atoms with van der Waals surface area (Å²) in [4.78, 5) is 21.5. The van der Waals surface area contributed by atoms with E-state index in [9.17, 15) is 9.59 Å². The third kappa shape index (κ3) is 3.08. The molecule has 1 aromatic rings. The molecule has 0 bridgehead atoms. The molecule has 1 rings (SSSR count). The summed E-state index contributed by atoms with van der Waals surface area (Å²) in [6.45, 7) is 1.87. The largest absolute Gasteiger partial charge is 0.479 e. The van der Waals surface area contributed by atoms with Crippen molar-refractivity contribution in [2.24, 2.45) is 0 Å². The van der Waals surface area contributed by atoms with E-state index in [1.54, 1.807) is 24.5 Å². The topological polar surface area (TPSA) is 63.6 Å². The molecule has 16 heavy (non-hydrogen) atoms. The predicted molar refractivity (Wildman–Crippen MR) is 58.2 cm³/mol. The highest BCUT2D eigenvalue weighted by atomic mass is 16.5. The number of carbonyl (C=O) groups is 1. The molecule has 1 radical (unpaired) electrons. The van der Waals surface area contributed by atoms with Crippen LogP contribution in [0.25, 0.3) is 0 Å². The van der Waals surface area contributed by atoms with E-state index in [4.69, 9.17) is 9.84 Å². The van der Waals surface area contributed by atoms with E-state index in [2.05, 4.69) is 0 Å². The van der Waals surface area contributed by atoms with Gasteiger partial charge in [0.1, 0.15) is 5.75 Å². The number of carboxylic acid groups (broad SMARTS) is 1. The van der Waals surface area contributed by atoms with Gasteiger partial charge in [-0.2, -0.15) is 0 Å². The summed E-state index contributed by atoms with van der Waals surface area (Å²) in [6.07, 6.45) is 1.90. The lowest BCUT2D eigenvalue weighted by Gasteiger charge is -2.15. The van der Waals surface area contributed by atoms with Crippen LogP contribution in [-0.4, -0.2) is 23.5 Å². The Bertz CT molecular complexity index is 373. The first-order valence-electron chi connectivity index (χ1n) is 5.05. The van der Waals surface area contributed by atoms with Crippen LogP contribution in [-0.2, 0) is 9.59 Å². The minimum Gasteiger partial charge on any atom is -0.479 e. The van der Waals surface area contributed by atoms with Crippen molar-refractivity contribution in [1.29, 1.82) is 0 Å². The van der Waals surface area contributed by atoms with Gasteiger partial charge in [0, 0.05) is 0 Å². The molecule has 4 nitrogen and oxygen atoms in total. The summed E-state index contributed by atoms with van der Waals surface area (Å²) in [5.74, 6) is -0.763. The Kier molecular flexibility index (Phi) is 4.51. The Hall–Kier alpha value is -1.84. The first-order valence-corrected chi connectivity index (χ1v) is 5.05. The van der Waals surface area contributed by atoms with Gasteiger partial charge in [-0.15, -0.1) is 0 Å². The van der Waals surface area contributed by atoms with Crippen molar-refractivity contribution in [3.05, 3.63) is 29.8 Å². The van der Waals surface area contributed by atoms with Gasteiger partial charge in [0.15, 0.2) is 6.10 Å². The minimum absolute atomic E-state index is 0.241. The monoisotopic (exact) mass is 221 g/mol. The Labute approximate surface area is 93.9 Å². The zero-order valence-electron chi connectivity index (χ0n) is 8.97. The first kappa shape index (κ1) is 12.2. The zero-order valence-corrected chi connectivity index (χ0v) is 8.97. The van der Waals surface area contributed by atoms with Gasteiger partial charge >= 0.3 is 5.97 Å². The van der Waals surface area contributed by atoms with Crippen molar-refractivity contribution >= 4 is 12.3 Å². The summed E-state index contributed by atoms with van der Waals surface area (Å²) in [6, 6.07) is 6.45. The molecule has 0 aliphatic rings. The third-order valence-electron chi connectivity index (χ3n) is 2.09. The molecule has 85 valence electrons. The predicted octanol–water partition coefficient (Wildman–Crippen LogP) is 1.78. The van der Waals surface area contributed by atoms with Gasteiger partial charge in [0.25, 0.3) is 0 Å². The molecule has 0 aromatic heterocycles. The molecule has 0 heterocycles. The van der Waals surface area contributed by atoms with E-state index >= 15 is 0 Å². The number of carbonyl (C=O) groups excluding carboxylic acids is 1. The molecule has 0 saturated carbocycles. The fourth-order valence-electron chi connectivity index (χ4n) is 1.30. The van der Waals surface area contributed by atoms with Crippen LogP contribution in [0.4, 0.5) is 0 Å². The average molecular weight is 221 g/mol. The molecular formula is C12H13O4. The normalized spacial score (nSPS) is 11.8. The SMILES string of the molecule is CCCC(Oc1ccccc1[C]=O)C(=O)O. The maximum Gasteiger partial charge on any atom is 0.344 e. The van der Waals surface area contributed by atoms with E-state index in [1.807, 2.05) is 6.92 Å². The van der Waals surface area contributed by atoms with Crippen LogP contribution in [0, 0.1) is 0 Å². The molecule has 0 spiro atoms. The highest BCUT2D eigenvalue weighted by Gasteiger charge is 2.19. The lowest BCUT2D eigenvalue weighted by molar-refractivity contribution is -0.145. The quantitative estimate of drug-likeness (QED) is 0.795. The maximum absolute atomic E-state index is 10.9. The summed E-state index contributed by atoms with van der Waals surface area (Å²) in [5.41, 5.74) is 0.241. The van der Waals surface area contributed by atoms with Crippen LogP contribution >= 0.6 is 0 Å². The molecule has 4 heteroatoms. The van der Waals surface area contributed by atoms with E-state index in [1.165, 1.54) is 6.07 Å². The van der Waals surface area contributed by atoms with Crippen LogP contribution in [0.2, 0.25) is 0 Å². The Morgan fingerprint density at radius 3 is 2.75 bits per heavy atom. The van der Waals surface area contributed by atoms with Crippen LogP contribution < -0.4 is 4.74 Å².